The zero-order valence-corrected chi connectivity index (χ0v) is 20.1. The van der Waals surface area contributed by atoms with Gasteiger partial charge in [-0.2, -0.15) is 0 Å². The lowest BCUT2D eigenvalue weighted by Gasteiger charge is -2.31. The highest BCUT2D eigenvalue weighted by atomic mass is 35.5. The van der Waals surface area contributed by atoms with E-state index in [4.69, 9.17) is 26.1 Å². The molecule has 184 valence electrons. The zero-order valence-electron chi connectivity index (χ0n) is 19.3. The number of carbonyl (C=O) groups excluding carboxylic acids is 1. The van der Waals surface area contributed by atoms with Crippen molar-refractivity contribution in [2.75, 3.05) is 26.3 Å². The molecule has 2 aromatic carbocycles. The molecule has 1 fully saturated rings. The molecule has 0 bridgehead atoms. The van der Waals surface area contributed by atoms with Crippen LogP contribution in [-0.4, -0.2) is 62.1 Å². The predicted molar refractivity (Wildman–Crippen MR) is 132 cm³/mol. The monoisotopic (exact) mass is 506 g/mol. The summed E-state index contributed by atoms with van der Waals surface area (Å²) in [7, 11) is 0. The lowest BCUT2D eigenvalue weighted by molar-refractivity contribution is 0.0710. The second-order valence-corrected chi connectivity index (χ2v) is 9.36. The van der Waals surface area contributed by atoms with Gasteiger partial charge < -0.3 is 19.4 Å². The number of hydrogen-bond acceptors (Lipinski definition) is 7. The Labute approximate surface area is 210 Å². The van der Waals surface area contributed by atoms with Gasteiger partial charge in [0.15, 0.2) is 22.7 Å². The molecule has 0 radical (unpaired) electrons. The standard InChI is InChI=1S/C25H23ClN6O4/c26-18-3-1-2-15(12-18)14-32-23-21(29-30-32)24(33)28-22(27-23)16-6-8-31(9-7-16)25(34)17-4-5-19-20(13-17)36-11-10-35-19/h1-5,12-13,16H,6-11,14H2,(H,27,28,33). The molecule has 11 heteroatoms. The fourth-order valence-corrected chi connectivity index (χ4v) is 4.92. The summed E-state index contributed by atoms with van der Waals surface area (Å²) in [5.74, 6) is 1.81. The van der Waals surface area contributed by atoms with Crippen LogP contribution >= 0.6 is 11.6 Å². The molecular formula is C25H23ClN6O4. The molecular weight excluding hydrogens is 484 g/mol. The molecule has 0 aliphatic carbocycles. The lowest BCUT2D eigenvalue weighted by atomic mass is 9.95. The molecule has 36 heavy (non-hydrogen) atoms. The number of H-pyrrole nitrogens is 1. The Bertz CT molecular complexity index is 1510. The number of aromatic nitrogens is 5. The Morgan fingerprint density at radius 2 is 1.89 bits per heavy atom. The first-order valence-corrected chi connectivity index (χ1v) is 12.2. The van der Waals surface area contributed by atoms with Gasteiger partial charge in [0, 0.05) is 29.6 Å². The predicted octanol–water partition coefficient (Wildman–Crippen LogP) is 3.01. The van der Waals surface area contributed by atoms with Crippen molar-refractivity contribution in [1.82, 2.24) is 29.9 Å². The van der Waals surface area contributed by atoms with Crippen LogP contribution in [0.2, 0.25) is 5.02 Å². The minimum absolute atomic E-state index is 0.0148. The fraction of sp³-hybridized carbons (Fsp3) is 0.320. The van der Waals surface area contributed by atoms with E-state index in [1.807, 2.05) is 23.1 Å². The Hall–Kier alpha value is -3.92. The van der Waals surface area contributed by atoms with E-state index in [1.165, 1.54) is 0 Å². The van der Waals surface area contributed by atoms with Crippen molar-refractivity contribution >= 4 is 28.7 Å². The van der Waals surface area contributed by atoms with Crippen LogP contribution in [-0.2, 0) is 6.54 Å². The van der Waals surface area contributed by atoms with Crippen LogP contribution < -0.4 is 15.0 Å². The largest absolute Gasteiger partial charge is 0.486 e. The van der Waals surface area contributed by atoms with E-state index in [1.54, 1.807) is 28.9 Å². The van der Waals surface area contributed by atoms with Gasteiger partial charge in [0.1, 0.15) is 19.0 Å². The number of ether oxygens (including phenoxy) is 2. The van der Waals surface area contributed by atoms with Gasteiger partial charge in [0.25, 0.3) is 11.5 Å². The first-order chi connectivity index (χ1) is 17.5. The Balaban J connectivity index is 1.18. The SMILES string of the molecule is O=C(c1ccc2c(c1)OCCO2)N1CCC(c2nc3c(nnn3Cc3cccc(Cl)c3)c(=O)[nH]2)CC1. The minimum Gasteiger partial charge on any atom is -0.486 e. The van der Waals surface area contributed by atoms with Gasteiger partial charge in [-0.3, -0.25) is 9.59 Å². The number of nitrogens with one attached hydrogen (secondary N) is 1. The van der Waals surface area contributed by atoms with Crippen molar-refractivity contribution in [3.05, 3.63) is 74.8 Å². The number of benzene rings is 2. The van der Waals surface area contributed by atoms with Crippen LogP contribution in [0.15, 0.2) is 47.3 Å². The molecule has 0 spiro atoms. The van der Waals surface area contributed by atoms with E-state index < -0.39 is 0 Å². The number of piperidine rings is 1. The smallest absolute Gasteiger partial charge is 0.281 e. The quantitative estimate of drug-likeness (QED) is 0.452. The molecule has 0 saturated carbocycles. The maximum Gasteiger partial charge on any atom is 0.281 e. The van der Waals surface area contributed by atoms with Crippen LogP contribution in [0.3, 0.4) is 0 Å². The summed E-state index contributed by atoms with van der Waals surface area (Å²) >= 11 is 6.10. The first kappa shape index (κ1) is 22.5. The minimum atomic E-state index is -0.317. The number of hydrogen-bond donors (Lipinski definition) is 1. The first-order valence-electron chi connectivity index (χ1n) is 11.8. The van der Waals surface area contributed by atoms with Gasteiger partial charge in [0.05, 0.1) is 6.54 Å². The molecule has 1 amide bonds. The second kappa shape index (κ2) is 9.27. The van der Waals surface area contributed by atoms with Gasteiger partial charge in [-0.1, -0.05) is 28.9 Å². The van der Waals surface area contributed by atoms with Gasteiger partial charge in [-0.25, -0.2) is 9.67 Å². The van der Waals surface area contributed by atoms with Crippen LogP contribution in [0.5, 0.6) is 11.5 Å². The van der Waals surface area contributed by atoms with Crippen molar-refractivity contribution in [1.29, 1.82) is 0 Å². The summed E-state index contributed by atoms with van der Waals surface area (Å²) in [5.41, 5.74) is 1.82. The average Bonchev–Trinajstić information content (AvgIpc) is 3.31. The number of carbonyl (C=O) groups is 1. The van der Waals surface area contributed by atoms with E-state index in [0.29, 0.717) is 79.2 Å². The molecule has 2 aliphatic heterocycles. The van der Waals surface area contributed by atoms with Crippen molar-refractivity contribution < 1.29 is 14.3 Å². The van der Waals surface area contributed by atoms with Gasteiger partial charge in [-0.15, -0.1) is 5.10 Å². The number of aromatic amines is 1. The molecule has 1 saturated heterocycles. The highest BCUT2D eigenvalue weighted by molar-refractivity contribution is 6.30. The van der Waals surface area contributed by atoms with Crippen molar-refractivity contribution in [2.24, 2.45) is 0 Å². The van der Waals surface area contributed by atoms with E-state index in [-0.39, 0.29) is 22.9 Å². The maximum absolute atomic E-state index is 13.1. The molecule has 4 aromatic rings. The van der Waals surface area contributed by atoms with Gasteiger partial charge >= 0.3 is 0 Å². The number of amides is 1. The summed E-state index contributed by atoms with van der Waals surface area (Å²) in [6.07, 6.45) is 1.36. The van der Waals surface area contributed by atoms with Crippen LogP contribution in [0, 0.1) is 0 Å². The van der Waals surface area contributed by atoms with E-state index in [0.717, 1.165) is 5.56 Å². The normalized spacial score (nSPS) is 15.9. The van der Waals surface area contributed by atoms with E-state index in [2.05, 4.69) is 15.3 Å². The summed E-state index contributed by atoms with van der Waals surface area (Å²) in [6.45, 7) is 2.49. The molecule has 0 unspecified atom stereocenters. The summed E-state index contributed by atoms with van der Waals surface area (Å²) in [6, 6.07) is 12.7. The molecule has 0 atom stereocenters. The van der Waals surface area contributed by atoms with Gasteiger partial charge in [0.2, 0.25) is 0 Å². The molecule has 4 heterocycles. The van der Waals surface area contributed by atoms with Crippen LogP contribution in [0.1, 0.15) is 40.5 Å². The third kappa shape index (κ3) is 4.28. The third-order valence-corrected chi connectivity index (χ3v) is 6.81. The number of nitrogens with zero attached hydrogens (tertiary/aromatic N) is 5. The summed E-state index contributed by atoms with van der Waals surface area (Å²) in [4.78, 5) is 35.2. The Morgan fingerprint density at radius 1 is 1.08 bits per heavy atom. The van der Waals surface area contributed by atoms with Crippen molar-refractivity contribution in [2.45, 2.75) is 25.3 Å². The summed E-state index contributed by atoms with van der Waals surface area (Å²) < 4.78 is 12.8. The average molecular weight is 507 g/mol. The van der Waals surface area contributed by atoms with Crippen LogP contribution in [0.25, 0.3) is 11.2 Å². The Morgan fingerprint density at radius 3 is 2.69 bits per heavy atom. The van der Waals surface area contributed by atoms with Gasteiger partial charge in [-0.05, 0) is 48.7 Å². The van der Waals surface area contributed by atoms with Crippen LogP contribution in [0.4, 0.5) is 0 Å². The fourth-order valence-electron chi connectivity index (χ4n) is 4.71. The Kier molecular flexibility index (Phi) is 5.80. The second-order valence-electron chi connectivity index (χ2n) is 8.93. The maximum atomic E-state index is 13.1. The highest BCUT2D eigenvalue weighted by Gasteiger charge is 2.28. The van der Waals surface area contributed by atoms with Crippen molar-refractivity contribution in [3.8, 4) is 11.5 Å². The zero-order chi connectivity index (χ0) is 24.6. The molecule has 10 nitrogen and oxygen atoms in total. The molecule has 1 N–H and O–H groups in total. The highest BCUT2D eigenvalue weighted by Crippen LogP contribution is 2.32. The lowest BCUT2D eigenvalue weighted by Crippen LogP contribution is -2.38. The molecule has 2 aromatic heterocycles. The molecule has 6 rings (SSSR count). The number of fused-ring (bicyclic) bond motifs is 2. The molecule has 2 aliphatic rings. The number of likely N-dealkylation sites (tertiary alicyclic amines) is 1. The summed E-state index contributed by atoms with van der Waals surface area (Å²) in [5, 5.41) is 8.79. The third-order valence-electron chi connectivity index (χ3n) is 6.57. The topological polar surface area (TPSA) is 115 Å². The van der Waals surface area contributed by atoms with E-state index >= 15 is 0 Å². The van der Waals surface area contributed by atoms with Crippen molar-refractivity contribution in [3.63, 3.8) is 0 Å². The number of halogens is 1. The van der Waals surface area contributed by atoms with E-state index in [9.17, 15) is 9.59 Å². The number of rotatable bonds is 4.